The van der Waals surface area contributed by atoms with Gasteiger partial charge in [-0.25, -0.2) is 0 Å². The minimum Gasteiger partial charge on any atom is -0.481 e. The number of hydrogen-bond donors (Lipinski definition) is 1. The summed E-state index contributed by atoms with van der Waals surface area (Å²) in [5.74, 6) is -0.0990. The first kappa shape index (κ1) is 12.6. The summed E-state index contributed by atoms with van der Waals surface area (Å²) < 4.78 is 0.953. The zero-order valence-corrected chi connectivity index (χ0v) is 11.5. The van der Waals surface area contributed by atoms with E-state index in [2.05, 4.69) is 22.9 Å². The third kappa shape index (κ3) is 2.25. The summed E-state index contributed by atoms with van der Waals surface area (Å²) in [6.07, 6.45) is 3.85. The molecule has 0 bridgehead atoms. The van der Waals surface area contributed by atoms with Crippen LogP contribution in [0.1, 0.15) is 38.2 Å². The van der Waals surface area contributed by atoms with Crippen molar-refractivity contribution in [2.45, 2.75) is 38.0 Å². The van der Waals surface area contributed by atoms with Crippen molar-refractivity contribution in [3.05, 3.63) is 34.3 Å². The first-order chi connectivity index (χ1) is 8.08. The maximum absolute atomic E-state index is 11.5. The molecule has 1 aromatic rings. The van der Waals surface area contributed by atoms with E-state index < -0.39 is 11.4 Å². The molecule has 0 spiro atoms. The van der Waals surface area contributed by atoms with E-state index in [0.29, 0.717) is 5.92 Å². The number of halogens is 1. The third-order valence-corrected chi connectivity index (χ3v) is 4.25. The van der Waals surface area contributed by atoms with Crippen LogP contribution in [0.5, 0.6) is 0 Å². The van der Waals surface area contributed by atoms with E-state index >= 15 is 0 Å². The lowest BCUT2D eigenvalue weighted by Crippen LogP contribution is -2.47. The van der Waals surface area contributed by atoms with E-state index in [-0.39, 0.29) is 0 Å². The van der Waals surface area contributed by atoms with Gasteiger partial charge in [-0.2, -0.15) is 0 Å². The Balaban J connectivity index is 2.23. The number of benzene rings is 1. The molecule has 92 valence electrons. The van der Waals surface area contributed by atoms with Crippen molar-refractivity contribution in [1.29, 1.82) is 0 Å². The maximum Gasteiger partial charge on any atom is 0.314 e. The van der Waals surface area contributed by atoms with Crippen molar-refractivity contribution in [3.63, 3.8) is 0 Å². The van der Waals surface area contributed by atoms with Gasteiger partial charge >= 0.3 is 5.97 Å². The molecule has 0 aromatic heterocycles. The maximum atomic E-state index is 11.5. The summed E-state index contributed by atoms with van der Waals surface area (Å²) in [7, 11) is 0. The second-order valence-corrected chi connectivity index (χ2v) is 5.88. The van der Waals surface area contributed by atoms with Gasteiger partial charge in [-0.15, -0.1) is 0 Å². The molecule has 0 amide bonds. The van der Waals surface area contributed by atoms with E-state index in [1.807, 2.05) is 24.3 Å². The van der Waals surface area contributed by atoms with Gasteiger partial charge in [0.25, 0.3) is 0 Å². The molecule has 2 nitrogen and oxygen atoms in total. The fourth-order valence-electron chi connectivity index (χ4n) is 2.86. The summed E-state index contributed by atoms with van der Waals surface area (Å²) in [4.78, 5) is 11.5. The molecule has 2 rings (SSSR count). The fourth-order valence-corrected chi connectivity index (χ4v) is 3.26. The Kier molecular flexibility index (Phi) is 3.57. The fraction of sp³-hybridized carbons (Fsp3) is 0.500. The average Bonchev–Trinajstić information content (AvgIpc) is 2.22. The van der Waals surface area contributed by atoms with E-state index in [4.69, 9.17) is 0 Å². The van der Waals surface area contributed by atoms with E-state index in [9.17, 15) is 9.90 Å². The van der Waals surface area contributed by atoms with E-state index in [1.165, 1.54) is 0 Å². The highest BCUT2D eigenvalue weighted by molar-refractivity contribution is 9.10. The highest BCUT2D eigenvalue weighted by Crippen LogP contribution is 2.50. The van der Waals surface area contributed by atoms with Crippen molar-refractivity contribution in [2.75, 3.05) is 0 Å². The predicted octanol–water partition coefficient (Wildman–Crippen LogP) is 3.98. The molecule has 0 heterocycles. The summed E-state index contributed by atoms with van der Waals surface area (Å²) in [6, 6.07) is 7.72. The number of carbonyl (C=O) groups is 1. The molecule has 1 N–H and O–H groups in total. The Morgan fingerprint density at radius 2 is 2.24 bits per heavy atom. The Bertz CT molecular complexity index is 422. The standard InChI is InChI=1S/C14H17BrO2/c1-2-4-10-8-14(9-10,13(16)17)11-5-3-6-12(15)7-11/h3,5-7,10H,2,4,8-9H2,1H3,(H,16,17). The molecule has 3 heteroatoms. The van der Waals surface area contributed by atoms with Crippen molar-refractivity contribution in [3.8, 4) is 0 Å². The monoisotopic (exact) mass is 296 g/mol. The summed E-state index contributed by atoms with van der Waals surface area (Å²) in [5, 5.41) is 9.50. The predicted molar refractivity (Wildman–Crippen MR) is 71.1 cm³/mol. The second kappa shape index (κ2) is 4.81. The number of hydrogen-bond acceptors (Lipinski definition) is 1. The molecular formula is C14H17BrO2. The van der Waals surface area contributed by atoms with Crippen LogP contribution in [-0.2, 0) is 10.2 Å². The topological polar surface area (TPSA) is 37.3 Å². The van der Waals surface area contributed by atoms with Crippen LogP contribution in [0.25, 0.3) is 0 Å². The van der Waals surface area contributed by atoms with Crippen LogP contribution in [0.15, 0.2) is 28.7 Å². The minimum atomic E-state index is -0.678. The van der Waals surface area contributed by atoms with Gasteiger partial charge in [-0.05, 0) is 36.5 Å². The highest BCUT2D eigenvalue weighted by Gasteiger charge is 2.51. The van der Waals surface area contributed by atoms with Gasteiger partial charge in [0.1, 0.15) is 0 Å². The molecule has 1 aromatic carbocycles. The van der Waals surface area contributed by atoms with Crippen LogP contribution in [0, 0.1) is 5.92 Å². The molecule has 1 fully saturated rings. The Hall–Kier alpha value is -0.830. The normalized spacial score (nSPS) is 27.5. The van der Waals surface area contributed by atoms with Crippen molar-refractivity contribution < 1.29 is 9.90 Å². The lowest BCUT2D eigenvalue weighted by atomic mass is 9.57. The van der Waals surface area contributed by atoms with Gasteiger partial charge in [-0.1, -0.05) is 47.8 Å². The minimum absolute atomic E-state index is 0.579. The SMILES string of the molecule is CCCC1CC(C(=O)O)(c2cccc(Br)c2)C1. The van der Waals surface area contributed by atoms with Crippen LogP contribution < -0.4 is 0 Å². The molecule has 0 saturated heterocycles. The molecule has 0 radical (unpaired) electrons. The van der Waals surface area contributed by atoms with E-state index in [1.54, 1.807) is 0 Å². The second-order valence-electron chi connectivity index (χ2n) is 4.96. The number of rotatable bonds is 4. The molecule has 1 aliphatic carbocycles. The molecular weight excluding hydrogens is 280 g/mol. The van der Waals surface area contributed by atoms with Gasteiger partial charge in [0.2, 0.25) is 0 Å². The lowest BCUT2D eigenvalue weighted by Gasteiger charge is -2.45. The third-order valence-electron chi connectivity index (χ3n) is 3.76. The zero-order valence-electron chi connectivity index (χ0n) is 9.95. The number of aliphatic carboxylic acids is 1. The van der Waals surface area contributed by atoms with Crippen molar-refractivity contribution in [1.82, 2.24) is 0 Å². The number of carboxylic acid groups (broad SMARTS) is 1. The Morgan fingerprint density at radius 1 is 1.53 bits per heavy atom. The van der Waals surface area contributed by atoms with Gasteiger partial charge in [0.15, 0.2) is 0 Å². The molecule has 17 heavy (non-hydrogen) atoms. The Morgan fingerprint density at radius 3 is 2.76 bits per heavy atom. The summed E-state index contributed by atoms with van der Waals surface area (Å²) in [6.45, 7) is 2.15. The quantitative estimate of drug-likeness (QED) is 0.912. The largest absolute Gasteiger partial charge is 0.481 e. The van der Waals surface area contributed by atoms with Crippen LogP contribution >= 0.6 is 15.9 Å². The van der Waals surface area contributed by atoms with Gasteiger partial charge in [0.05, 0.1) is 5.41 Å². The van der Waals surface area contributed by atoms with Gasteiger partial charge in [0, 0.05) is 4.47 Å². The van der Waals surface area contributed by atoms with Gasteiger partial charge in [-0.3, -0.25) is 4.79 Å². The van der Waals surface area contributed by atoms with Crippen LogP contribution in [0.2, 0.25) is 0 Å². The van der Waals surface area contributed by atoms with Crippen molar-refractivity contribution >= 4 is 21.9 Å². The van der Waals surface area contributed by atoms with Crippen LogP contribution in [0.4, 0.5) is 0 Å². The summed E-state index contributed by atoms with van der Waals surface area (Å²) in [5.41, 5.74) is 0.301. The molecule has 0 aliphatic heterocycles. The molecule has 1 aliphatic rings. The van der Waals surface area contributed by atoms with E-state index in [0.717, 1.165) is 35.7 Å². The highest BCUT2D eigenvalue weighted by atomic mass is 79.9. The van der Waals surface area contributed by atoms with Crippen LogP contribution in [0.3, 0.4) is 0 Å². The smallest absolute Gasteiger partial charge is 0.314 e. The summed E-state index contributed by atoms with van der Waals surface area (Å²) >= 11 is 3.41. The first-order valence-corrected chi connectivity index (χ1v) is 6.87. The van der Waals surface area contributed by atoms with Crippen molar-refractivity contribution in [2.24, 2.45) is 5.92 Å². The zero-order chi connectivity index (χ0) is 12.5. The Labute approximate surface area is 110 Å². The number of carboxylic acids is 1. The molecule has 0 unspecified atom stereocenters. The molecule has 0 atom stereocenters. The molecule has 1 saturated carbocycles. The van der Waals surface area contributed by atoms with Crippen LogP contribution in [-0.4, -0.2) is 11.1 Å². The average molecular weight is 297 g/mol. The lowest BCUT2D eigenvalue weighted by molar-refractivity contribution is -0.150. The first-order valence-electron chi connectivity index (χ1n) is 6.08. The van der Waals surface area contributed by atoms with Gasteiger partial charge < -0.3 is 5.11 Å².